The molecule has 3 rings (SSSR count). The van der Waals surface area contributed by atoms with Gasteiger partial charge in [-0.3, -0.25) is 14.9 Å². The minimum atomic E-state index is -0.849. The second-order valence-electron chi connectivity index (χ2n) is 4.95. The Labute approximate surface area is 132 Å². The molecule has 0 unspecified atom stereocenters. The lowest BCUT2D eigenvalue weighted by Gasteiger charge is -2.26. The number of rotatable bonds is 4. The molecule has 0 saturated heterocycles. The molecule has 23 heavy (non-hydrogen) atoms. The van der Waals surface area contributed by atoms with Crippen molar-refractivity contribution < 1.29 is 19.2 Å². The van der Waals surface area contributed by atoms with E-state index >= 15 is 0 Å². The van der Waals surface area contributed by atoms with Gasteiger partial charge in [-0.1, -0.05) is 24.3 Å². The summed E-state index contributed by atoms with van der Waals surface area (Å²) in [7, 11) is 1.51. The van der Waals surface area contributed by atoms with Crippen LogP contribution in [0.5, 0.6) is 11.5 Å². The van der Waals surface area contributed by atoms with Crippen molar-refractivity contribution in [3.8, 4) is 11.5 Å². The van der Waals surface area contributed by atoms with Gasteiger partial charge in [-0.05, 0) is 18.2 Å². The van der Waals surface area contributed by atoms with E-state index in [9.17, 15) is 14.9 Å². The van der Waals surface area contributed by atoms with Crippen LogP contribution in [0, 0.1) is 10.1 Å². The van der Waals surface area contributed by atoms with Crippen molar-refractivity contribution in [2.24, 2.45) is 0 Å². The van der Waals surface area contributed by atoms with Crippen LogP contribution in [0.15, 0.2) is 48.0 Å². The molecule has 2 aromatic carbocycles. The van der Waals surface area contributed by atoms with E-state index in [0.717, 1.165) is 0 Å². The number of hydrogen-bond acceptors (Lipinski definition) is 5. The van der Waals surface area contributed by atoms with E-state index in [0.29, 0.717) is 34.5 Å². The first-order valence-corrected chi connectivity index (χ1v) is 6.89. The molecule has 0 aromatic heterocycles. The van der Waals surface area contributed by atoms with Crippen molar-refractivity contribution in [1.29, 1.82) is 0 Å². The van der Waals surface area contributed by atoms with E-state index < -0.39 is 11.0 Å². The number of benzene rings is 2. The van der Waals surface area contributed by atoms with Crippen molar-refractivity contribution in [2.75, 3.05) is 7.11 Å². The summed E-state index contributed by atoms with van der Waals surface area (Å²) >= 11 is 0. The fraction of sp³-hybridized carbons (Fsp3) is 0.118. The van der Waals surface area contributed by atoms with Crippen LogP contribution in [0.4, 0.5) is 5.69 Å². The molecule has 6 heteroatoms. The lowest BCUT2D eigenvalue weighted by Crippen LogP contribution is -2.17. The highest BCUT2D eigenvalue weighted by Crippen LogP contribution is 2.43. The highest BCUT2D eigenvalue weighted by Gasteiger charge is 2.31. The van der Waals surface area contributed by atoms with Gasteiger partial charge in [0.05, 0.1) is 17.6 Å². The zero-order valence-corrected chi connectivity index (χ0v) is 12.3. The quantitative estimate of drug-likeness (QED) is 0.491. The normalized spacial score (nSPS) is 15.9. The SMILES string of the molecule is COc1cccc2c1O[C@H](c1ccccc1[N+](=O)[O-])C(C=O)=C2. The Morgan fingerprint density at radius 2 is 2.00 bits per heavy atom. The average molecular weight is 311 g/mol. The number of fused-ring (bicyclic) bond motifs is 1. The second-order valence-corrected chi connectivity index (χ2v) is 4.95. The Bertz CT molecular complexity index is 812. The van der Waals surface area contributed by atoms with Crippen LogP contribution in [0.1, 0.15) is 17.2 Å². The third kappa shape index (κ3) is 2.55. The summed E-state index contributed by atoms with van der Waals surface area (Å²) in [5.41, 5.74) is 1.25. The van der Waals surface area contributed by atoms with E-state index in [2.05, 4.69) is 0 Å². The van der Waals surface area contributed by atoms with Gasteiger partial charge in [0.1, 0.15) is 6.29 Å². The first-order valence-electron chi connectivity index (χ1n) is 6.89. The number of nitrogens with zero attached hydrogens (tertiary/aromatic N) is 1. The maximum absolute atomic E-state index is 11.4. The van der Waals surface area contributed by atoms with Crippen LogP contribution >= 0.6 is 0 Å². The molecule has 1 heterocycles. The maximum Gasteiger partial charge on any atom is 0.276 e. The molecule has 1 aliphatic heterocycles. The lowest BCUT2D eigenvalue weighted by molar-refractivity contribution is -0.386. The third-order valence-electron chi connectivity index (χ3n) is 3.64. The van der Waals surface area contributed by atoms with Gasteiger partial charge in [-0.25, -0.2) is 0 Å². The van der Waals surface area contributed by atoms with Crippen LogP contribution in [-0.2, 0) is 4.79 Å². The number of methoxy groups -OCH3 is 1. The van der Waals surface area contributed by atoms with Gasteiger partial charge in [-0.2, -0.15) is 0 Å². The Balaban J connectivity index is 2.15. The third-order valence-corrected chi connectivity index (χ3v) is 3.64. The summed E-state index contributed by atoms with van der Waals surface area (Å²) in [5, 5.41) is 11.2. The summed E-state index contributed by atoms with van der Waals surface area (Å²) in [6, 6.07) is 11.5. The lowest BCUT2D eigenvalue weighted by atomic mass is 9.95. The van der Waals surface area contributed by atoms with Crippen LogP contribution in [0.25, 0.3) is 6.08 Å². The van der Waals surface area contributed by atoms with Crippen molar-refractivity contribution in [2.45, 2.75) is 6.10 Å². The summed E-state index contributed by atoms with van der Waals surface area (Å²) in [5.74, 6) is 0.969. The van der Waals surface area contributed by atoms with Crippen LogP contribution in [-0.4, -0.2) is 18.3 Å². The van der Waals surface area contributed by atoms with E-state index in [1.807, 2.05) is 0 Å². The summed E-state index contributed by atoms with van der Waals surface area (Å²) < 4.78 is 11.2. The number of carbonyl (C=O) groups is 1. The van der Waals surface area contributed by atoms with E-state index in [-0.39, 0.29) is 5.69 Å². The average Bonchev–Trinajstić information content (AvgIpc) is 2.59. The van der Waals surface area contributed by atoms with Crippen LogP contribution in [0.3, 0.4) is 0 Å². The fourth-order valence-corrected chi connectivity index (χ4v) is 2.59. The second kappa shape index (κ2) is 5.92. The first kappa shape index (κ1) is 14.8. The Hall–Kier alpha value is -3.15. The number of aldehydes is 1. The zero-order valence-electron chi connectivity index (χ0n) is 12.3. The number of carbonyl (C=O) groups excluding carboxylic acids is 1. The molecule has 0 saturated carbocycles. The number of hydrogen-bond donors (Lipinski definition) is 0. The Kier molecular flexibility index (Phi) is 3.80. The topological polar surface area (TPSA) is 78.7 Å². The molecule has 0 amide bonds. The number of ether oxygens (including phenoxy) is 2. The van der Waals surface area contributed by atoms with Gasteiger partial charge in [0.2, 0.25) is 0 Å². The minimum Gasteiger partial charge on any atom is -0.493 e. The first-order chi connectivity index (χ1) is 11.2. The predicted molar refractivity (Wildman–Crippen MR) is 83.5 cm³/mol. The van der Waals surface area contributed by atoms with Gasteiger partial charge in [0.15, 0.2) is 17.6 Å². The van der Waals surface area contributed by atoms with E-state index in [1.165, 1.54) is 13.2 Å². The summed E-state index contributed by atoms with van der Waals surface area (Å²) in [6.45, 7) is 0. The summed E-state index contributed by atoms with van der Waals surface area (Å²) in [6.07, 6.45) is 1.47. The summed E-state index contributed by atoms with van der Waals surface area (Å²) in [4.78, 5) is 22.2. The zero-order chi connectivity index (χ0) is 16.4. The maximum atomic E-state index is 11.4. The van der Waals surface area contributed by atoms with E-state index in [4.69, 9.17) is 9.47 Å². The molecular formula is C17H13NO5. The predicted octanol–water partition coefficient (Wildman–Crippen LogP) is 3.32. The van der Waals surface area contributed by atoms with Gasteiger partial charge >= 0.3 is 0 Å². The van der Waals surface area contributed by atoms with Crippen molar-refractivity contribution >= 4 is 18.0 Å². The molecule has 6 nitrogen and oxygen atoms in total. The van der Waals surface area contributed by atoms with Gasteiger partial charge in [0.25, 0.3) is 5.69 Å². The van der Waals surface area contributed by atoms with Gasteiger partial charge in [0, 0.05) is 17.2 Å². The highest BCUT2D eigenvalue weighted by atomic mass is 16.6. The Morgan fingerprint density at radius 1 is 1.22 bits per heavy atom. The van der Waals surface area contributed by atoms with Crippen LogP contribution in [0.2, 0.25) is 0 Å². The smallest absolute Gasteiger partial charge is 0.276 e. The van der Waals surface area contributed by atoms with E-state index in [1.54, 1.807) is 42.5 Å². The number of nitro groups is 1. The van der Waals surface area contributed by atoms with Gasteiger partial charge in [-0.15, -0.1) is 0 Å². The Morgan fingerprint density at radius 3 is 2.70 bits per heavy atom. The molecule has 0 fully saturated rings. The molecule has 0 aliphatic carbocycles. The molecular weight excluding hydrogens is 298 g/mol. The monoisotopic (exact) mass is 311 g/mol. The largest absolute Gasteiger partial charge is 0.493 e. The number of nitro benzene ring substituents is 1. The molecule has 1 aliphatic rings. The molecule has 0 N–H and O–H groups in total. The molecule has 2 aromatic rings. The fourth-order valence-electron chi connectivity index (χ4n) is 2.59. The molecule has 0 spiro atoms. The van der Waals surface area contributed by atoms with Crippen molar-refractivity contribution in [3.05, 3.63) is 69.3 Å². The molecule has 0 radical (unpaired) electrons. The number of para-hydroxylation sites is 2. The van der Waals surface area contributed by atoms with Crippen molar-refractivity contribution in [1.82, 2.24) is 0 Å². The van der Waals surface area contributed by atoms with Crippen LogP contribution < -0.4 is 9.47 Å². The molecule has 0 bridgehead atoms. The molecule has 1 atom stereocenters. The minimum absolute atomic E-state index is 0.0939. The standard InChI is InChI=1S/C17H13NO5/c1-22-15-8-4-5-11-9-12(10-19)16(23-17(11)15)13-6-2-3-7-14(13)18(20)21/h2-10,16H,1H3/t16-/m0/s1. The van der Waals surface area contributed by atoms with Crippen molar-refractivity contribution in [3.63, 3.8) is 0 Å². The van der Waals surface area contributed by atoms with Gasteiger partial charge < -0.3 is 9.47 Å². The highest BCUT2D eigenvalue weighted by molar-refractivity contribution is 5.87. The molecule has 116 valence electrons.